The average Bonchev–Trinajstić information content (AvgIpc) is 3.24. The molecule has 0 amide bonds. The largest absolute Gasteiger partial charge is 0.368 e. The van der Waals surface area contributed by atoms with E-state index in [-0.39, 0.29) is 11.4 Å². The van der Waals surface area contributed by atoms with Gasteiger partial charge in [-0.3, -0.25) is 0 Å². The lowest BCUT2D eigenvalue weighted by molar-refractivity contribution is 0.273. The van der Waals surface area contributed by atoms with Gasteiger partial charge >= 0.3 is 0 Å². The second-order valence-electron chi connectivity index (χ2n) is 7.31. The fourth-order valence-corrected chi connectivity index (χ4v) is 3.75. The van der Waals surface area contributed by atoms with E-state index in [9.17, 15) is 0 Å². The first-order chi connectivity index (χ1) is 14.7. The number of hydrogen-bond donors (Lipinski definition) is 1. The van der Waals surface area contributed by atoms with Gasteiger partial charge in [0.2, 0.25) is 5.95 Å². The van der Waals surface area contributed by atoms with Crippen molar-refractivity contribution < 1.29 is 4.52 Å². The first-order valence-electron chi connectivity index (χ1n) is 9.57. The van der Waals surface area contributed by atoms with E-state index in [4.69, 9.17) is 15.5 Å². The van der Waals surface area contributed by atoms with Crippen LogP contribution in [-0.2, 0) is 5.41 Å². The van der Waals surface area contributed by atoms with Gasteiger partial charge in [-0.15, -0.1) is 0 Å². The van der Waals surface area contributed by atoms with E-state index in [0.29, 0.717) is 23.0 Å². The van der Waals surface area contributed by atoms with Crippen molar-refractivity contribution in [3.8, 4) is 28.8 Å². The van der Waals surface area contributed by atoms with E-state index >= 15 is 0 Å². The number of hydrogen-bond acceptors (Lipinski definition) is 8. The van der Waals surface area contributed by atoms with Gasteiger partial charge in [-0.2, -0.15) is 10.2 Å². The molecule has 0 aliphatic heterocycles. The molecule has 3 heterocycles. The summed E-state index contributed by atoms with van der Waals surface area (Å²) in [5.41, 5.74) is 9.43. The van der Waals surface area contributed by atoms with Crippen LogP contribution in [-0.4, -0.2) is 25.1 Å². The SMILES string of the molecule is N#Cc1ccc(-c2nc(C3(c4ccc(-c5cnc(N)nc5)cc4)CCC3)no2)nc1. The Hall–Kier alpha value is -4.12. The van der Waals surface area contributed by atoms with Crippen LogP contribution in [0.5, 0.6) is 0 Å². The maximum absolute atomic E-state index is 8.93. The fraction of sp³-hybridized carbons (Fsp3) is 0.182. The third kappa shape index (κ3) is 2.97. The number of nitrogens with two attached hydrogens (primary N) is 1. The van der Waals surface area contributed by atoms with Gasteiger partial charge in [-0.05, 0) is 36.1 Å². The number of nitriles is 1. The van der Waals surface area contributed by atoms with Crippen molar-refractivity contribution in [2.24, 2.45) is 0 Å². The lowest BCUT2D eigenvalue weighted by atomic mass is 9.64. The Morgan fingerprint density at radius 3 is 2.30 bits per heavy atom. The van der Waals surface area contributed by atoms with Crippen molar-refractivity contribution in [2.45, 2.75) is 24.7 Å². The number of pyridine rings is 1. The van der Waals surface area contributed by atoms with Gasteiger partial charge in [0.05, 0.1) is 11.0 Å². The summed E-state index contributed by atoms with van der Waals surface area (Å²) >= 11 is 0. The number of anilines is 1. The minimum atomic E-state index is -0.259. The van der Waals surface area contributed by atoms with Crippen molar-refractivity contribution in [1.82, 2.24) is 25.1 Å². The van der Waals surface area contributed by atoms with Crippen LogP contribution in [0.15, 0.2) is 59.5 Å². The molecule has 0 saturated heterocycles. The fourth-order valence-electron chi connectivity index (χ4n) is 3.75. The standard InChI is InChI=1S/C22H17N7O/c23-10-14-2-7-18(25-11-14)19-28-20(29-30-19)22(8-1-9-22)17-5-3-15(4-6-17)16-12-26-21(24)27-13-16/h2-7,11-13H,1,8-9H2,(H2,24,26,27). The second-order valence-corrected chi connectivity index (χ2v) is 7.31. The topological polar surface area (TPSA) is 127 Å². The van der Waals surface area contributed by atoms with Crippen molar-refractivity contribution in [2.75, 3.05) is 5.73 Å². The molecule has 0 bridgehead atoms. The molecule has 30 heavy (non-hydrogen) atoms. The zero-order chi connectivity index (χ0) is 20.6. The molecule has 1 aliphatic rings. The van der Waals surface area contributed by atoms with Gasteiger partial charge in [-0.1, -0.05) is 35.8 Å². The van der Waals surface area contributed by atoms with Crippen LogP contribution in [0.1, 0.15) is 36.2 Å². The van der Waals surface area contributed by atoms with E-state index < -0.39 is 0 Å². The van der Waals surface area contributed by atoms with Crippen molar-refractivity contribution in [3.05, 3.63) is 71.9 Å². The Bertz CT molecular complexity index is 1220. The summed E-state index contributed by atoms with van der Waals surface area (Å²) in [6.45, 7) is 0. The Balaban J connectivity index is 1.45. The summed E-state index contributed by atoms with van der Waals surface area (Å²) in [6, 6.07) is 13.7. The minimum absolute atomic E-state index is 0.258. The van der Waals surface area contributed by atoms with Crippen LogP contribution in [0, 0.1) is 11.3 Å². The molecule has 2 N–H and O–H groups in total. The lowest BCUT2D eigenvalue weighted by Crippen LogP contribution is -2.36. The van der Waals surface area contributed by atoms with Crippen molar-refractivity contribution >= 4 is 5.95 Å². The number of nitrogen functional groups attached to an aromatic ring is 1. The average molecular weight is 395 g/mol. The molecule has 146 valence electrons. The van der Waals surface area contributed by atoms with Gasteiger partial charge in [0.15, 0.2) is 5.82 Å². The summed E-state index contributed by atoms with van der Waals surface area (Å²) < 4.78 is 5.50. The van der Waals surface area contributed by atoms with E-state index in [1.54, 1.807) is 24.5 Å². The maximum atomic E-state index is 8.93. The van der Waals surface area contributed by atoms with E-state index in [1.165, 1.54) is 6.20 Å². The van der Waals surface area contributed by atoms with Gasteiger partial charge < -0.3 is 10.3 Å². The Morgan fingerprint density at radius 2 is 1.70 bits per heavy atom. The highest BCUT2D eigenvalue weighted by molar-refractivity contribution is 5.63. The first kappa shape index (κ1) is 17.9. The number of rotatable bonds is 4. The minimum Gasteiger partial charge on any atom is -0.368 e. The third-order valence-corrected chi connectivity index (χ3v) is 5.62. The zero-order valence-electron chi connectivity index (χ0n) is 16.0. The monoisotopic (exact) mass is 395 g/mol. The van der Waals surface area contributed by atoms with Gasteiger partial charge in [-0.25, -0.2) is 15.0 Å². The second kappa shape index (κ2) is 7.04. The summed E-state index contributed by atoms with van der Waals surface area (Å²) in [5, 5.41) is 13.2. The summed E-state index contributed by atoms with van der Waals surface area (Å²) in [5.74, 6) is 1.28. The molecular formula is C22H17N7O. The van der Waals surface area contributed by atoms with E-state index in [2.05, 4.69) is 43.3 Å². The Labute approximate surface area is 172 Å². The zero-order valence-corrected chi connectivity index (χ0v) is 16.0. The highest BCUT2D eigenvalue weighted by Crippen LogP contribution is 2.48. The van der Waals surface area contributed by atoms with Crippen LogP contribution in [0.2, 0.25) is 0 Å². The number of nitrogens with zero attached hydrogens (tertiary/aromatic N) is 6. The van der Waals surface area contributed by atoms with Gasteiger partial charge in [0.1, 0.15) is 11.8 Å². The molecule has 3 aromatic heterocycles. The molecule has 4 aromatic rings. The first-order valence-corrected chi connectivity index (χ1v) is 9.57. The molecule has 0 spiro atoms. The van der Waals surface area contributed by atoms with E-state index in [1.807, 2.05) is 12.1 Å². The molecule has 1 aliphatic carbocycles. The number of benzene rings is 1. The molecule has 1 saturated carbocycles. The van der Waals surface area contributed by atoms with Crippen LogP contribution in [0.4, 0.5) is 5.95 Å². The Kier molecular flexibility index (Phi) is 4.21. The molecule has 0 radical (unpaired) electrons. The number of aromatic nitrogens is 5. The van der Waals surface area contributed by atoms with Crippen LogP contribution in [0.3, 0.4) is 0 Å². The molecule has 0 atom stereocenters. The van der Waals surface area contributed by atoms with E-state index in [0.717, 1.165) is 36.0 Å². The summed E-state index contributed by atoms with van der Waals surface area (Å²) in [4.78, 5) is 17.0. The summed E-state index contributed by atoms with van der Waals surface area (Å²) in [6.07, 6.45) is 7.94. The molecule has 5 rings (SSSR count). The molecular weight excluding hydrogens is 378 g/mol. The van der Waals surface area contributed by atoms with Crippen LogP contribution < -0.4 is 5.73 Å². The third-order valence-electron chi connectivity index (χ3n) is 5.62. The molecule has 8 heteroatoms. The van der Waals surface area contributed by atoms with Gasteiger partial charge in [0.25, 0.3) is 5.89 Å². The predicted molar refractivity (Wildman–Crippen MR) is 109 cm³/mol. The van der Waals surface area contributed by atoms with Crippen molar-refractivity contribution in [1.29, 1.82) is 5.26 Å². The lowest BCUT2D eigenvalue weighted by Gasteiger charge is -2.39. The predicted octanol–water partition coefficient (Wildman–Crippen LogP) is 3.51. The molecule has 0 unspecified atom stereocenters. The highest BCUT2D eigenvalue weighted by Gasteiger charge is 2.44. The maximum Gasteiger partial charge on any atom is 0.276 e. The van der Waals surface area contributed by atoms with Crippen molar-refractivity contribution in [3.63, 3.8) is 0 Å². The molecule has 1 aromatic carbocycles. The highest BCUT2D eigenvalue weighted by atomic mass is 16.5. The normalized spacial score (nSPS) is 14.6. The summed E-state index contributed by atoms with van der Waals surface area (Å²) in [7, 11) is 0. The van der Waals surface area contributed by atoms with Crippen LogP contribution >= 0.6 is 0 Å². The van der Waals surface area contributed by atoms with Crippen LogP contribution in [0.25, 0.3) is 22.7 Å². The quantitative estimate of drug-likeness (QED) is 0.556. The Morgan fingerprint density at radius 1 is 0.933 bits per heavy atom. The smallest absolute Gasteiger partial charge is 0.276 e. The molecule has 8 nitrogen and oxygen atoms in total. The van der Waals surface area contributed by atoms with Gasteiger partial charge in [0, 0.05) is 24.2 Å². The molecule has 1 fully saturated rings.